The first-order valence-electron chi connectivity index (χ1n) is 5.58. The summed E-state index contributed by atoms with van der Waals surface area (Å²) in [6.07, 6.45) is -4.46. The molecule has 0 bridgehead atoms. The van der Waals surface area contributed by atoms with Crippen LogP contribution in [0.1, 0.15) is 22.5 Å². The maximum absolute atomic E-state index is 12.7. The zero-order valence-corrected chi connectivity index (χ0v) is 10.7. The van der Waals surface area contributed by atoms with Crippen molar-refractivity contribution in [1.82, 2.24) is 14.8 Å². The van der Waals surface area contributed by atoms with Crippen molar-refractivity contribution in [2.24, 2.45) is 0 Å². The number of hydrogen-bond acceptors (Lipinski definition) is 3. The largest absolute Gasteiger partial charge is 0.416 e. The fourth-order valence-corrected chi connectivity index (χ4v) is 1.75. The van der Waals surface area contributed by atoms with Gasteiger partial charge in [0.1, 0.15) is 5.82 Å². The van der Waals surface area contributed by atoms with Gasteiger partial charge in [-0.05, 0) is 38.5 Å². The molecule has 0 aliphatic rings. The molecule has 0 saturated heterocycles. The Morgan fingerprint density at radius 1 is 1.16 bits per heavy atom. The lowest BCUT2D eigenvalue weighted by Gasteiger charge is -2.10. The van der Waals surface area contributed by atoms with Crippen molar-refractivity contribution in [2.45, 2.75) is 26.9 Å². The Morgan fingerprint density at radius 2 is 1.79 bits per heavy atom. The molecule has 0 spiro atoms. The third kappa shape index (κ3) is 2.40. The van der Waals surface area contributed by atoms with E-state index in [2.05, 4.69) is 10.1 Å². The molecule has 7 heteroatoms. The predicted molar refractivity (Wildman–Crippen MR) is 65.0 cm³/mol. The van der Waals surface area contributed by atoms with E-state index in [1.54, 1.807) is 13.8 Å². The number of nitrogens with two attached hydrogens (primary N) is 1. The van der Waals surface area contributed by atoms with Crippen molar-refractivity contribution in [3.8, 4) is 5.82 Å². The second-order valence-electron chi connectivity index (χ2n) is 4.34. The molecule has 102 valence electrons. The van der Waals surface area contributed by atoms with E-state index in [0.29, 0.717) is 0 Å². The van der Waals surface area contributed by atoms with E-state index in [0.717, 1.165) is 29.1 Å². The number of pyridine rings is 1. The van der Waals surface area contributed by atoms with Crippen LogP contribution in [0.3, 0.4) is 0 Å². The minimum atomic E-state index is -4.46. The molecule has 2 N–H and O–H groups in total. The summed E-state index contributed by atoms with van der Waals surface area (Å²) in [4.78, 5) is 3.91. The van der Waals surface area contributed by atoms with Gasteiger partial charge in [-0.15, -0.1) is 0 Å². The van der Waals surface area contributed by atoms with E-state index in [1.165, 1.54) is 4.68 Å². The van der Waals surface area contributed by atoms with Gasteiger partial charge in [-0.2, -0.15) is 18.3 Å². The Morgan fingerprint density at radius 3 is 2.26 bits per heavy atom. The van der Waals surface area contributed by atoms with Crippen LogP contribution in [0.4, 0.5) is 19.0 Å². The van der Waals surface area contributed by atoms with Crippen LogP contribution >= 0.6 is 0 Å². The maximum atomic E-state index is 12.7. The second-order valence-corrected chi connectivity index (χ2v) is 4.34. The third-order valence-corrected chi connectivity index (χ3v) is 3.03. The Hall–Kier alpha value is -2.05. The van der Waals surface area contributed by atoms with Gasteiger partial charge in [-0.25, -0.2) is 9.67 Å². The molecule has 0 atom stereocenters. The number of nitrogen functional groups attached to an aromatic ring is 1. The zero-order chi connectivity index (χ0) is 14.4. The topological polar surface area (TPSA) is 56.7 Å². The van der Waals surface area contributed by atoms with Crippen LogP contribution in [0, 0.1) is 20.8 Å². The Bertz CT molecular complexity index is 629. The molecular formula is C12H13F3N4. The number of alkyl halides is 3. The van der Waals surface area contributed by atoms with E-state index < -0.39 is 11.7 Å². The second kappa shape index (κ2) is 4.25. The summed E-state index contributed by atoms with van der Waals surface area (Å²) >= 11 is 0. The van der Waals surface area contributed by atoms with E-state index in [1.807, 2.05) is 6.92 Å². The number of rotatable bonds is 1. The van der Waals surface area contributed by atoms with Crippen molar-refractivity contribution in [2.75, 3.05) is 5.73 Å². The molecule has 0 saturated carbocycles. The van der Waals surface area contributed by atoms with Crippen molar-refractivity contribution in [1.29, 1.82) is 0 Å². The van der Waals surface area contributed by atoms with Crippen LogP contribution in [-0.4, -0.2) is 14.8 Å². The summed E-state index contributed by atoms with van der Waals surface area (Å²) in [5.41, 5.74) is 7.00. The van der Waals surface area contributed by atoms with Crippen LogP contribution in [-0.2, 0) is 6.18 Å². The monoisotopic (exact) mass is 270 g/mol. The lowest BCUT2D eigenvalue weighted by Crippen LogP contribution is -2.11. The smallest absolute Gasteiger partial charge is 0.384 e. The highest BCUT2D eigenvalue weighted by molar-refractivity contribution is 5.43. The molecular weight excluding hydrogens is 257 g/mol. The van der Waals surface area contributed by atoms with E-state index >= 15 is 0 Å². The number of aryl methyl sites for hydroxylation is 1. The van der Waals surface area contributed by atoms with Crippen LogP contribution in [0.15, 0.2) is 12.1 Å². The number of aromatic nitrogens is 3. The van der Waals surface area contributed by atoms with Gasteiger partial charge < -0.3 is 5.73 Å². The first-order valence-corrected chi connectivity index (χ1v) is 5.58. The molecule has 2 rings (SSSR count). The van der Waals surface area contributed by atoms with Gasteiger partial charge >= 0.3 is 6.18 Å². The summed E-state index contributed by atoms with van der Waals surface area (Å²) in [7, 11) is 0. The first-order chi connectivity index (χ1) is 8.70. The maximum Gasteiger partial charge on any atom is 0.416 e. The molecule has 0 aliphatic heterocycles. The van der Waals surface area contributed by atoms with E-state index in [9.17, 15) is 13.2 Å². The fourth-order valence-electron chi connectivity index (χ4n) is 1.75. The lowest BCUT2D eigenvalue weighted by atomic mass is 10.2. The number of hydrogen-bond donors (Lipinski definition) is 1. The van der Waals surface area contributed by atoms with Crippen molar-refractivity contribution in [3.63, 3.8) is 0 Å². The van der Waals surface area contributed by atoms with E-state index in [4.69, 9.17) is 5.73 Å². The van der Waals surface area contributed by atoms with Gasteiger partial charge in [0, 0.05) is 5.69 Å². The lowest BCUT2D eigenvalue weighted by molar-refractivity contribution is -0.137. The Kier molecular flexibility index (Phi) is 3.00. The summed E-state index contributed by atoms with van der Waals surface area (Å²) in [5, 5.41) is 4.18. The molecule has 0 radical (unpaired) electrons. The van der Waals surface area contributed by atoms with Crippen LogP contribution in [0.25, 0.3) is 5.82 Å². The number of nitrogens with zero attached hydrogens (tertiary/aromatic N) is 3. The van der Waals surface area contributed by atoms with Crippen molar-refractivity contribution < 1.29 is 13.2 Å². The standard InChI is InChI=1S/C12H13F3N4/c1-6-7(2)18-19(8(6)3)11-5-9(12(13,14)15)4-10(16)17-11/h4-5H,1-3H3,(H2,16,17). The molecule has 2 aromatic heterocycles. The molecule has 0 fully saturated rings. The normalized spacial score (nSPS) is 11.9. The van der Waals surface area contributed by atoms with Crippen molar-refractivity contribution >= 4 is 5.82 Å². The summed E-state index contributed by atoms with van der Waals surface area (Å²) < 4.78 is 39.6. The molecule has 2 heterocycles. The molecule has 2 aromatic rings. The minimum absolute atomic E-state index is 0.0704. The van der Waals surface area contributed by atoms with Gasteiger partial charge in [0.25, 0.3) is 0 Å². The quantitative estimate of drug-likeness (QED) is 0.866. The first kappa shape index (κ1) is 13.4. The SMILES string of the molecule is Cc1nn(-c2cc(C(F)(F)F)cc(N)n2)c(C)c1C. The van der Waals surface area contributed by atoms with Crippen LogP contribution < -0.4 is 5.73 Å². The highest BCUT2D eigenvalue weighted by Crippen LogP contribution is 2.31. The molecule has 19 heavy (non-hydrogen) atoms. The molecule has 0 unspecified atom stereocenters. The van der Waals surface area contributed by atoms with Crippen molar-refractivity contribution in [3.05, 3.63) is 34.6 Å². The van der Waals surface area contributed by atoms with Gasteiger partial charge in [0.15, 0.2) is 5.82 Å². The average molecular weight is 270 g/mol. The highest BCUT2D eigenvalue weighted by Gasteiger charge is 2.31. The molecule has 0 amide bonds. The summed E-state index contributed by atoms with van der Waals surface area (Å²) in [6, 6.07) is 1.75. The molecule has 0 aliphatic carbocycles. The highest BCUT2D eigenvalue weighted by atomic mass is 19.4. The number of anilines is 1. The molecule has 0 aromatic carbocycles. The van der Waals surface area contributed by atoms with Crippen LogP contribution in [0.5, 0.6) is 0 Å². The molecule has 4 nitrogen and oxygen atoms in total. The van der Waals surface area contributed by atoms with Crippen LogP contribution in [0.2, 0.25) is 0 Å². The zero-order valence-electron chi connectivity index (χ0n) is 10.7. The summed E-state index contributed by atoms with van der Waals surface area (Å²) in [5.74, 6) is -0.115. The average Bonchev–Trinajstić information content (AvgIpc) is 2.55. The number of halogens is 3. The fraction of sp³-hybridized carbons (Fsp3) is 0.333. The third-order valence-electron chi connectivity index (χ3n) is 3.03. The van der Waals surface area contributed by atoms with E-state index in [-0.39, 0.29) is 11.6 Å². The van der Waals surface area contributed by atoms with Gasteiger partial charge in [-0.1, -0.05) is 0 Å². The van der Waals surface area contributed by atoms with Gasteiger partial charge in [0.2, 0.25) is 0 Å². The Balaban J connectivity index is 2.63. The predicted octanol–water partition coefficient (Wildman–Crippen LogP) is 2.79. The van der Waals surface area contributed by atoms with Gasteiger partial charge in [0.05, 0.1) is 11.3 Å². The minimum Gasteiger partial charge on any atom is -0.384 e. The summed E-state index contributed by atoms with van der Waals surface area (Å²) in [6.45, 7) is 5.41. The van der Waals surface area contributed by atoms with Gasteiger partial charge in [-0.3, -0.25) is 0 Å². The Labute approximate surface area is 108 Å².